The van der Waals surface area contributed by atoms with Crippen molar-refractivity contribution in [3.63, 3.8) is 0 Å². The van der Waals surface area contributed by atoms with Crippen LogP contribution < -0.4 is 0 Å². The predicted molar refractivity (Wildman–Crippen MR) is 310 cm³/mol. The number of esters is 2. The van der Waals surface area contributed by atoms with Crippen molar-refractivity contribution in [1.82, 2.24) is 9.80 Å². The summed E-state index contributed by atoms with van der Waals surface area (Å²) in [6.45, 7) is 23.6. The molecule has 0 amide bonds. The van der Waals surface area contributed by atoms with Gasteiger partial charge in [0.15, 0.2) is 0 Å². The monoisotopic (exact) mass is 1070 g/mol. The number of hydrogen-bond acceptors (Lipinski definition) is 12. The molecule has 0 saturated heterocycles. The van der Waals surface area contributed by atoms with Crippen LogP contribution in [0.4, 0.5) is 9.59 Å². The first-order valence-corrected chi connectivity index (χ1v) is 32.0. The second-order valence-electron chi connectivity index (χ2n) is 21.9. The SMILES string of the molecule is CCCCCCC(CCCCCC)COC(=O)CCCCC(CCCCC)OC(=O)OCCN(CCCN(CC)CC)CCOC(=O)OC(CCCCC)CCCCC(=O)OCC(CCCCCC)CCCCCC. The van der Waals surface area contributed by atoms with Crippen molar-refractivity contribution in [1.29, 1.82) is 0 Å². The molecule has 2 unspecified atom stereocenters. The molecule has 75 heavy (non-hydrogen) atoms. The van der Waals surface area contributed by atoms with Gasteiger partial charge in [-0.2, -0.15) is 0 Å². The minimum absolute atomic E-state index is 0.123. The Morgan fingerprint density at radius 2 is 0.627 bits per heavy atom. The Balaban J connectivity index is 5.16. The zero-order chi connectivity index (χ0) is 55.3. The summed E-state index contributed by atoms with van der Waals surface area (Å²) in [6, 6.07) is 0. The van der Waals surface area contributed by atoms with Gasteiger partial charge in [-0.05, 0) is 134 Å². The maximum atomic E-state index is 13.1. The lowest BCUT2D eigenvalue weighted by Crippen LogP contribution is -2.35. The number of carbonyl (C=O) groups excluding carboxylic acids is 4. The van der Waals surface area contributed by atoms with E-state index in [1.807, 2.05) is 0 Å². The van der Waals surface area contributed by atoms with Crippen LogP contribution in [0, 0.1) is 11.8 Å². The van der Waals surface area contributed by atoms with Crippen LogP contribution in [0.2, 0.25) is 0 Å². The molecule has 0 fully saturated rings. The first-order valence-electron chi connectivity index (χ1n) is 32.0. The van der Waals surface area contributed by atoms with Crippen molar-refractivity contribution in [2.45, 2.75) is 305 Å². The molecule has 444 valence electrons. The first-order chi connectivity index (χ1) is 36.6. The van der Waals surface area contributed by atoms with Crippen molar-refractivity contribution in [2.75, 3.05) is 65.7 Å². The van der Waals surface area contributed by atoms with E-state index in [2.05, 4.69) is 65.2 Å². The number of unbranched alkanes of at least 4 members (excludes halogenated alkanes) is 18. The molecule has 12 nitrogen and oxygen atoms in total. The fourth-order valence-corrected chi connectivity index (χ4v) is 9.93. The van der Waals surface area contributed by atoms with E-state index in [0.29, 0.717) is 76.7 Å². The largest absolute Gasteiger partial charge is 0.508 e. The molecule has 0 rings (SSSR count). The van der Waals surface area contributed by atoms with Gasteiger partial charge in [-0.15, -0.1) is 0 Å². The summed E-state index contributed by atoms with van der Waals surface area (Å²) in [6.07, 6.45) is 36.2. The normalized spacial score (nSPS) is 12.4. The summed E-state index contributed by atoms with van der Waals surface area (Å²) < 4.78 is 34.7. The van der Waals surface area contributed by atoms with Crippen molar-refractivity contribution < 1.29 is 47.6 Å². The van der Waals surface area contributed by atoms with E-state index in [0.717, 1.165) is 122 Å². The second-order valence-corrected chi connectivity index (χ2v) is 21.9. The zero-order valence-corrected chi connectivity index (χ0v) is 50.5. The molecule has 0 aromatic rings. The van der Waals surface area contributed by atoms with E-state index in [1.54, 1.807) is 0 Å². The minimum Gasteiger partial charge on any atom is -0.465 e. The Morgan fingerprint density at radius 1 is 0.320 bits per heavy atom. The Morgan fingerprint density at radius 3 is 0.960 bits per heavy atom. The molecule has 0 aromatic heterocycles. The number of ether oxygens (including phenoxy) is 6. The van der Waals surface area contributed by atoms with E-state index >= 15 is 0 Å². The summed E-state index contributed by atoms with van der Waals surface area (Å²) in [7, 11) is 0. The van der Waals surface area contributed by atoms with Crippen molar-refractivity contribution in [3.8, 4) is 0 Å². The molecule has 2 atom stereocenters. The van der Waals surface area contributed by atoms with Gasteiger partial charge < -0.3 is 33.3 Å². The summed E-state index contributed by atoms with van der Waals surface area (Å²) in [4.78, 5) is 56.3. The van der Waals surface area contributed by atoms with Gasteiger partial charge in [-0.25, -0.2) is 9.59 Å². The van der Waals surface area contributed by atoms with Gasteiger partial charge in [0.1, 0.15) is 25.4 Å². The maximum Gasteiger partial charge on any atom is 0.508 e. The lowest BCUT2D eigenvalue weighted by Gasteiger charge is -2.25. The molecule has 0 saturated carbocycles. The molecule has 0 aromatic carbocycles. The van der Waals surface area contributed by atoms with E-state index in [4.69, 9.17) is 28.4 Å². The Kier molecular flexibility index (Phi) is 52.8. The summed E-state index contributed by atoms with van der Waals surface area (Å²) in [5.74, 6) is 0.653. The van der Waals surface area contributed by atoms with Gasteiger partial charge in [0.2, 0.25) is 0 Å². The molecular weight excluding hydrogens is 945 g/mol. The van der Waals surface area contributed by atoms with Gasteiger partial charge in [0, 0.05) is 25.9 Å². The Labute approximate surface area is 462 Å². The lowest BCUT2D eigenvalue weighted by molar-refractivity contribution is -0.146. The standard InChI is InChI=1S/C63H122N2O10/c1-9-17-23-29-38-56(39-30-24-18-10-2)54-72-60(66)46-35-33-44-58(42-27-21-13-5)74-62(68)70-52-50-65(49-37-48-64(15-7)16-8)51-53-71-63(69)75-59(43-28-22-14-6)45-34-36-47-61(67)73-55-57(40-31-25-19-11-3)41-32-26-20-12-4/h56-59H,9-55H2,1-8H3. The van der Waals surface area contributed by atoms with Gasteiger partial charge in [-0.3, -0.25) is 14.5 Å². The zero-order valence-electron chi connectivity index (χ0n) is 50.5. The molecule has 0 N–H and O–H groups in total. The molecule has 0 aliphatic rings. The number of rotatable bonds is 56. The van der Waals surface area contributed by atoms with Crippen LogP contribution in [0.25, 0.3) is 0 Å². The third-order valence-corrected chi connectivity index (χ3v) is 15.0. The van der Waals surface area contributed by atoms with Crippen molar-refractivity contribution in [3.05, 3.63) is 0 Å². The molecule has 0 radical (unpaired) electrons. The highest BCUT2D eigenvalue weighted by molar-refractivity contribution is 5.69. The highest BCUT2D eigenvalue weighted by atomic mass is 16.7. The van der Waals surface area contributed by atoms with Crippen LogP contribution in [-0.2, 0) is 38.0 Å². The average Bonchev–Trinajstić information content (AvgIpc) is 3.40. The number of carbonyl (C=O) groups is 4. The third-order valence-electron chi connectivity index (χ3n) is 15.0. The number of hydrogen-bond donors (Lipinski definition) is 0. The predicted octanol–water partition coefficient (Wildman–Crippen LogP) is 17.5. The first kappa shape index (κ1) is 72.4. The van der Waals surface area contributed by atoms with Crippen molar-refractivity contribution in [2.24, 2.45) is 11.8 Å². The van der Waals surface area contributed by atoms with Gasteiger partial charge in [0.05, 0.1) is 13.2 Å². The smallest absolute Gasteiger partial charge is 0.465 e. The topological polar surface area (TPSA) is 130 Å². The van der Waals surface area contributed by atoms with E-state index in [9.17, 15) is 19.2 Å². The van der Waals surface area contributed by atoms with Gasteiger partial charge in [-0.1, -0.05) is 184 Å². The van der Waals surface area contributed by atoms with Crippen LogP contribution >= 0.6 is 0 Å². The van der Waals surface area contributed by atoms with Crippen LogP contribution in [0.1, 0.15) is 293 Å². The van der Waals surface area contributed by atoms with Gasteiger partial charge in [0.25, 0.3) is 0 Å². The van der Waals surface area contributed by atoms with E-state index in [-0.39, 0.29) is 37.4 Å². The van der Waals surface area contributed by atoms with E-state index < -0.39 is 12.3 Å². The number of nitrogens with zero attached hydrogens (tertiary/aromatic N) is 2. The molecule has 12 heteroatoms. The van der Waals surface area contributed by atoms with Gasteiger partial charge >= 0.3 is 24.2 Å². The molecule has 0 spiro atoms. The van der Waals surface area contributed by atoms with Crippen LogP contribution in [0.15, 0.2) is 0 Å². The minimum atomic E-state index is -0.663. The summed E-state index contributed by atoms with van der Waals surface area (Å²) >= 11 is 0. The highest BCUT2D eigenvalue weighted by Crippen LogP contribution is 2.22. The van der Waals surface area contributed by atoms with E-state index in [1.165, 1.54) is 103 Å². The fraction of sp³-hybridized carbons (Fsp3) is 0.937. The molecule has 0 bridgehead atoms. The van der Waals surface area contributed by atoms with Crippen LogP contribution in [0.5, 0.6) is 0 Å². The molecule has 0 aliphatic heterocycles. The fourth-order valence-electron chi connectivity index (χ4n) is 9.93. The highest BCUT2D eigenvalue weighted by Gasteiger charge is 2.20. The quantitative estimate of drug-likeness (QED) is 0.0326. The maximum absolute atomic E-state index is 13.1. The third kappa shape index (κ3) is 47.2. The second kappa shape index (κ2) is 54.7. The molecule has 0 heterocycles. The molecular formula is C63H122N2O10. The summed E-state index contributed by atoms with van der Waals surface area (Å²) in [5, 5.41) is 0. The van der Waals surface area contributed by atoms with Crippen molar-refractivity contribution >= 4 is 24.2 Å². The lowest BCUT2D eigenvalue weighted by atomic mass is 9.95. The Bertz CT molecular complexity index is 1170. The Hall–Kier alpha value is -2.60. The van der Waals surface area contributed by atoms with Crippen LogP contribution in [0.3, 0.4) is 0 Å². The summed E-state index contributed by atoms with van der Waals surface area (Å²) in [5.41, 5.74) is 0. The average molecular weight is 1070 g/mol. The molecule has 0 aliphatic carbocycles. The van der Waals surface area contributed by atoms with Crippen LogP contribution in [-0.4, -0.2) is 112 Å².